The Labute approximate surface area is 169 Å². The van der Waals surface area contributed by atoms with E-state index < -0.39 is 0 Å². The molecule has 1 aliphatic heterocycles. The minimum atomic E-state index is -0.249. The van der Waals surface area contributed by atoms with Crippen molar-refractivity contribution in [2.75, 3.05) is 23.4 Å². The molecule has 2 aromatic carbocycles. The van der Waals surface area contributed by atoms with Crippen molar-refractivity contribution in [2.45, 2.75) is 32.1 Å². The quantitative estimate of drug-likeness (QED) is 0.810. The standard InChI is InChI=1S/C22H23ClN2O3/c23-17-6-9-19(10-7-17)28-14-21(26)24-18-8-5-15-11-12-25(20(15)13-18)22(27)16-3-1-2-4-16/h5-10,13,16H,1-4,11-12,14H2,(H,24,26). The Kier molecular flexibility index (Phi) is 5.53. The number of hydrogen-bond donors (Lipinski definition) is 1. The molecule has 1 fully saturated rings. The van der Waals surface area contributed by atoms with Gasteiger partial charge >= 0.3 is 0 Å². The van der Waals surface area contributed by atoms with Gasteiger partial charge in [0.25, 0.3) is 5.91 Å². The zero-order valence-electron chi connectivity index (χ0n) is 15.6. The van der Waals surface area contributed by atoms with Crippen LogP contribution in [0.3, 0.4) is 0 Å². The second-order valence-electron chi connectivity index (χ2n) is 7.36. The molecule has 0 atom stereocenters. The normalized spacial score (nSPS) is 16.1. The van der Waals surface area contributed by atoms with Crippen molar-refractivity contribution >= 4 is 34.8 Å². The van der Waals surface area contributed by atoms with Crippen molar-refractivity contribution in [3.8, 4) is 5.75 Å². The molecule has 0 unspecified atom stereocenters. The van der Waals surface area contributed by atoms with Crippen LogP contribution >= 0.6 is 11.6 Å². The number of halogens is 1. The van der Waals surface area contributed by atoms with Crippen molar-refractivity contribution in [3.63, 3.8) is 0 Å². The van der Waals surface area contributed by atoms with Crippen LogP contribution in [0, 0.1) is 5.92 Å². The van der Waals surface area contributed by atoms with Gasteiger partial charge < -0.3 is 15.0 Å². The first-order valence-corrected chi connectivity index (χ1v) is 10.1. The lowest BCUT2D eigenvalue weighted by Crippen LogP contribution is -2.33. The summed E-state index contributed by atoms with van der Waals surface area (Å²) in [4.78, 5) is 27.0. The summed E-state index contributed by atoms with van der Waals surface area (Å²) >= 11 is 5.84. The van der Waals surface area contributed by atoms with E-state index in [1.807, 2.05) is 23.1 Å². The van der Waals surface area contributed by atoms with Crippen molar-refractivity contribution in [1.29, 1.82) is 0 Å². The third-order valence-corrected chi connectivity index (χ3v) is 5.67. The van der Waals surface area contributed by atoms with Crippen LogP contribution in [0.25, 0.3) is 0 Å². The highest BCUT2D eigenvalue weighted by molar-refractivity contribution is 6.30. The number of benzene rings is 2. The molecule has 6 heteroatoms. The van der Waals surface area contributed by atoms with Gasteiger partial charge in [-0.15, -0.1) is 0 Å². The molecular weight excluding hydrogens is 376 g/mol. The van der Waals surface area contributed by atoms with Gasteiger partial charge in [0.05, 0.1) is 0 Å². The predicted octanol–water partition coefficient (Wildman–Crippen LogP) is 4.44. The zero-order chi connectivity index (χ0) is 19.5. The Morgan fingerprint density at radius 1 is 1.11 bits per heavy atom. The Bertz CT molecular complexity index is 876. The van der Waals surface area contributed by atoms with E-state index in [4.69, 9.17) is 16.3 Å². The third-order valence-electron chi connectivity index (χ3n) is 5.42. The molecular formula is C22H23ClN2O3. The number of fused-ring (bicyclic) bond motifs is 1. The molecule has 0 radical (unpaired) electrons. The monoisotopic (exact) mass is 398 g/mol. The number of ether oxygens (including phenoxy) is 1. The molecule has 5 nitrogen and oxygen atoms in total. The number of anilines is 2. The second-order valence-corrected chi connectivity index (χ2v) is 7.79. The second kappa shape index (κ2) is 8.23. The van der Waals surface area contributed by atoms with Crippen LogP contribution in [0.1, 0.15) is 31.2 Å². The molecule has 1 saturated carbocycles. The topological polar surface area (TPSA) is 58.6 Å². The lowest BCUT2D eigenvalue weighted by atomic mass is 10.1. The van der Waals surface area contributed by atoms with Gasteiger partial charge in [-0.3, -0.25) is 9.59 Å². The summed E-state index contributed by atoms with van der Waals surface area (Å²) < 4.78 is 5.48. The fourth-order valence-corrected chi connectivity index (χ4v) is 4.08. The summed E-state index contributed by atoms with van der Waals surface area (Å²) in [7, 11) is 0. The first-order chi connectivity index (χ1) is 13.6. The molecule has 1 aliphatic carbocycles. The number of amides is 2. The van der Waals surface area contributed by atoms with E-state index in [-0.39, 0.29) is 24.3 Å². The number of carbonyl (C=O) groups excluding carboxylic acids is 2. The Morgan fingerprint density at radius 3 is 2.61 bits per heavy atom. The average Bonchev–Trinajstić information content (AvgIpc) is 3.37. The molecule has 2 amide bonds. The maximum Gasteiger partial charge on any atom is 0.262 e. The van der Waals surface area contributed by atoms with Gasteiger partial charge in [-0.2, -0.15) is 0 Å². The smallest absolute Gasteiger partial charge is 0.262 e. The van der Waals surface area contributed by atoms with E-state index in [0.29, 0.717) is 16.5 Å². The van der Waals surface area contributed by atoms with Gasteiger partial charge in [0.2, 0.25) is 5.91 Å². The largest absolute Gasteiger partial charge is 0.484 e. The zero-order valence-corrected chi connectivity index (χ0v) is 16.4. The van der Waals surface area contributed by atoms with Crippen LogP contribution in [0.2, 0.25) is 5.02 Å². The molecule has 146 valence electrons. The highest BCUT2D eigenvalue weighted by Crippen LogP contribution is 2.35. The van der Waals surface area contributed by atoms with E-state index in [9.17, 15) is 9.59 Å². The molecule has 1 heterocycles. The van der Waals surface area contributed by atoms with Gasteiger partial charge in [-0.05, 0) is 61.2 Å². The van der Waals surface area contributed by atoms with E-state index in [1.54, 1.807) is 24.3 Å². The molecule has 28 heavy (non-hydrogen) atoms. The summed E-state index contributed by atoms with van der Waals surface area (Å²) in [5.41, 5.74) is 2.75. The molecule has 2 aromatic rings. The highest BCUT2D eigenvalue weighted by Gasteiger charge is 2.31. The Balaban J connectivity index is 1.39. The van der Waals surface area contributed by atoms with Crippen LogP contribution in [0.5, 0.6) is 5.75 Å². The van der Waals surface area contributed by atoms with Crippen LogP contribution in [-0.4, -0.2) is 25.0 Å². The van der Waals surface area contributed by atoms with E-state index in [0.717, 1.165) is 49.9 Å². The minimum absolute atomic E-state index is 0.0938. The summed E-state index contributed by atoms with van der Waals surface area (Å²) in [5.74, 6) is 0.714. The first-order valence-electron chi connectivity index (χ1n) is 9.73. The number of nitrogens with zero attached hydrogens (tertiary/aromatic N) is 1. The summed E-state index contributed by atoms with van der Waals surface area (Å²) in [6, 6.07) is 12.6. The molecule has 0 aromatic heterocycles. The SMILES string of the molecule is O=C(COc1ccc(Cl)cc1)Nc1ccc2c(c1)N(C(=O)C1CCCC1)CC2. The van der Waals surface area contributed by atoms with Gasteiger partial charge in [0.15, 0.2) is 6.61 Å². The maximum absolute atomic E-state index is 12.8. The van der Waals surface area contributed by atoms with Crippen molar-refractivity contribution in [3.05, 3.63) is 53.1 Å². The number of carbonyl (C=O) groups is 2. The van der Waals surface area contributed by atoms with E-state index in [2.05, 4.69) is 5.32 Å². The van der Waals surface area contributed by atoms with Crippen LogP contribution in [-0.2, 0) is 16.0 Å². The summed E-state index contributed by atoms with van der Waals surface area (Å²) in [6.07, 6.45) is 5.12. The number of nitrogens with one attached hydrogen (secondary N) is 1. The lowest BCUT2D eigenvalue weighted by Gasteiger charge is -2.21. The number of hydrogen-bond acceptors (Lipinski definition) is 3. The fraction of sp³-hybridized carbons (Fsp3) is 0.364. The van der Waals surface area contributed by atoms with Crippen molar-refractivity contribution in [1.82, 2.24) is 0 Å². The Hall–Kier alpha value is -2.53. The van der Waals surface area contributed by atoms with E-state index >= 15 is 0 Å². The molecule has 0 saturated heterocycles. The molecule has 4 rings (SSSR count). The highest BCUT2D eigenvalue weighted by atomic mass is 35.5. The molecule has 0 spiro atoms. The van der Waals surface area contributed by atoms with Gasteiger partial charge in [-0.1, -0.05) is 30.5 Å². The predicted molar refractivity (Wildman–Crippen MR) is 110 cm³/mol. The summed E-state index contributed by atoms with van der Waals surface area (Å²) in [5, 5.41) is 3.47. The van der Waals surface area contributed by atoms with Gasteiger partial charge in [0, 0.05) is 28.9 Å². The summed E-state index contributed by atoms with van der Waals surface area (Å²) in [6.45, 7) is 0.630. The van der Waals surface area contributed by atoms with Crippen LogP contribution in [0.4, 0.5) is 11.4 Å². The van der Waals surface area contributed by atoms with Crippen molar-refractivity contribution in [2.24, 2.45) is 5.92 Å². The molecule has 1 N–H and O–H groups in total. The van der Waals surface area contributed by atoms with E-state index in [1.165, 1.54) is 0 Å². The maximum atomic E-state index is 12.8. The van der Waals surface area contributed by atoms with Crippen LogP contribution < -0.4 is 15.0 Å². The average molecular weight is 399 g/mol. The minimum Gasteiger partial charge on any atom is -0.484 e. The van der Waals surface area contributed by atoms with Crippen molar-refractivity contribution < 1.29 is 14.3 Å². The Morgan fingerprint density at radius 2 is 1.86 bits per heavy atom. The fourth-order valence-electron chi connectivity index (χ4n) is 3.96. The molecule has 2 aliphatic rings. The van der Waals surface area contributed by atoms with Gasteiger partial charge in [0.1, 0.15) is 5.75 Å². The lowest BCUT2D eigenvalue weighted by molar-refractivity contribution is -0.122. The molecule has 0 bridgehead atoms. The van der Waals surface area contributed by atoms with Crippen LogP contribution in [0.15, 0.2) is 42.5 Å². The number of rotatable bonds is 5. The van der Waals surface area contributed by atoms with Gasteiger partial charge in [-0.25, -0.2) is 0 Å². The first kappa shape index (κ1) is 18.8. The third kappa shape index (κ3) is 4.14.